The Bertz CT molecular complexity index is 392. The van der Waals surface area contributed by atoms with Crippen molar-refractivity contribution in [3.8, 4) is 0 Å². The molecule has 1 aromatic heterocycles. The number of hydrogen-bond donors (Lipinski definition) is 2. The summed E-state index contributed by atoms with van der Waals surface area (Å²) in [6.45, 7) is 3.43. The third-order valence-electron chi connectivity index (χ3n) is 1.85. The van der Waals surface area contributed by atoms with Crippen LogP contribution < -0.4 is 5.32 Å². The maximum Gasteiger partial charge on any atom is 0.326 e. The van der Waals surface area contributed by atoms with Gasteiger partial charge in [-0.2, -0.15) is 10.2 Å². The minimum absolute atomic E-state index is 0.166. The zero-order valence-electron chi connectivity index (χ0n) is 8.46. The van der Waals surface area contributed by atoms with Gasteiger partial charge in [-0.15, -0.1) is 6.58 Å². The topological polar surface area (TPSA) is 92.2 Å². The van der Waals surface area contributed by atoms with Crippen LogP contribution in [-0.2, 0) is 4.79 Å². The lowest BCUT2D eigenvalue weighted by molar-refractivity contribution is -0.139. The predicted octanol–water partition coefficient (Wildman–Crippen LogP) is 0.236. The number of aliphatic carboxylic acids is 1. The molecular weight excluding hydrogens is 210 g/mol. The number of hydrogen-bond acceptors (Lipinski definition) is 4. The van der Waals surface area contributed by atoms with E-state index in [0.717, 1.165) is 0 Å². The molecule has 0 aliphatic carbocycles. The third-order valence-corrected chi connectivity index (χ3v) is 1.85. The van der Waals surface area contributed by atoms with Gasteiger partial charge in [-0.05, 0) is 12.5 Å². The fraction of sp³-hybridized carbons (Fsp3) is 0.200. The van der Waals surface area contributed by atoms with E-state index in [2.05, 4.69) is 22.1 Å². The lowest BCUT2D eigenvalue weighted by atomic mass is 10.2. The second-order valence-electron chi connectivity index (χ2n) is 3.02. The number of nitrogens with one attached hydrogen (secondary N) is 1. The van der Waals surface area contributed by atoms with Gasteiger partial charge in [0.25, 0.3) is 5.91 Å². The first-order valence-electron chi connectivity index (χ1n) is 4.56. The van der Waals surface area contributed by atoms with Crippen molar-refractivity contribution < 1.29 is 14.7 Å². The average molecular weight is 221 g/mol. The van der Waals surface area contributed by atoms with Crippen LogP contribution in [0.5, 0.6) is 0 Å². The van der Waals surface area contributed by atoms with Crippen molar-refractivity contribution in [1.82, 2.24) is 15.5 Å². The van der Waals surface area contributed by atoms with Crippen LogP contribution in [0, 0.1) is 0 Å². The summed E-state index contributed by atoms with van der Waals surface area (Å²) in [6, 6.07) is 0.480. The Morgan fingerprint density at radius 3 is 2.81 bits per heavy atom. The van der Waals surface area contributed by atoms with Crippen LogP contribution in [0.1, 0.15) is 16.8 Å². The quantitative estimate of drug-likeness (QED) is 0.694. The molecule has 0 aromatic carbocycles. The SMILES string of the molecule is C=CCC(NC(=O)c1ccnnc1)C(=O)O. The zero-order valence-corrected chi connectivity index (χ0v) is 8.46. The van der Waals surface area contributed by atoms with E-state index in [1.54, 1.807) is 0 Å². The number of nitrogens with zero attached hydrogens (tertiary/aromatic N) is 2. The molecule has 6 heteroatoms. The molecule has 84 valence electrons. The lowest BCUT2D eigenvalue weighted by Crippen LogP contribution is -2.40. The zero-order chi connectivity index (χ0) is 12.0. The highest BCUT2D eigenvalue weighted by Crippen LogP contribution is 1.98. The molecule has 6 nitrogen and oxygen atoms in total. The molecule has 0 bridgehead atoms. The van der Waals surface area contributed by atoms with E-state index < -0.39 is 17.9 Å². The van der Waals surface area contributed by atoms with Crippen molar-refractivity contribution >= 4 is 11.9 Å². The molecule has 0 radical (unpaired) electrons. The number of carboxylic acids is 1. The minimum Gasteiger partial charge on any atom is -0.480 e. The van der Waals surface area contributed by atoms with Gasteiger partial charge in [-0.1, -0.05) is 6.08 Å². The predicted molar refractivity (Wildman–Crippen MR) is 55.7 cm³/mol. The second kappa shape index (κ2) is 5.59. The third kappa shape index (κ3) is 3.16. The Labute approximate surface area is 92.0 Å². The van der Waals surface area contributed by atoms with Gasteiger partial charge in [-0.25, -0.2) is 4.79 Å². The van der Waals surface area contributed by atoms with Gasteiger partial charge >= 0.3 is 5.97 Å². The Morgan fingerprint density at radius 2 is 2.31 bits per heavy atom. The molecule has 1 atom stereocenters. The molecule has 16 heavy (non-hydrogen) atoms. The number of rotatable bonds is 5. The highest BCUT2D eigenvalue weighted by Gasteiger charge is 2.18. The molecule has 0 saturated carbocycles. The first-order chi connectivity index (χ1) is 7.65. The summed E-state index contributed by atoms with van der Waals surface area (Å²) in [6.07, 6.45) is 4.23. The molecule has 1 unspecified atom stereocenters. The summed E-state index contributed by atoms with van der Waals surface area (Å²) in [7, 11) is 0. The number of carbonyl (C=O) groups is 2. The van der Waals surface area contributed by atoms with Gasteiger partial charge < -0.3 is 10.4 Å². The average Bonchev–Trinajstić information content (AvgIpc) is 2.29. The normalized spacial score (nSPS) is 11.5. The van der Waals surface area contributed by atoms with Crippen LogP contribution >= 0.6 is 0 Å². The Hall–Kier alpha value is -2.24. The van der Waals surface area contributed by atoms with Crippen LogP contribution in [0.3, 0.4) is 0 Å². The molecule has 1 aromatic rings. The largest absolute Gasteiger partial charge is 0.480 e. The fourth-order valence-electron chi connectivity index (χ4n) is 1.05. The number of carbonyl (C=O) groups excluding carboxylic acids is 1. The summed E-state index contributed by atoms with van der Waals surface area (Å²) in [4.78, 5) is 22.3. The van der Waals surface area contributed by atoms with Crippen molar-refractivity contribution in [2.24, 2.45) is 0 Å². The standard InChI is InChI=1S/C10H11N3O3/c1-2-3-8(10(15)16)13-9(14)7-4-5-11-12-6-7/h2,4-6,8H,1,3H2,(H,13,14)(H,15,16). The summed E-state index contributed by atoms with van der Waals surface area (Å²) < 4.78 is 0. The van der Waals surface area contributed by atoms with Gasteiger partial charge in [-0.3, -0.25) is 4.79 Å². The van der Waals surface area contributed by atoms with Gasteiger partial charge in [0, 0.05) is 0 Å². The van der Waals surface area contributed by atoms with Gasteiger partial charge in [0.1, 0.15) is 6.04 Å². The van der Waals surface area contributed by atoms with Crippen molar-refractivity contribution in [2.45, 2.75) is 12.5 Å². The number of aromatic nitrogens is 2. The Kier molecular flexibility index (Phi) is 4.14. The van der Waals surface area contributed by atoms with E-state index in [4.69, 9.17) is 5.11 Å². The van der Waals surface area contributed by atoms with Crippen molar-refractivity contribution in [2.75, 3.05) is 0 Å². The van der Waals surface area contributed by atoms with Gasteiger partial charge in [0.05, 0.1) is 18.0 Å². The summed E-state index contributed by atoms with van der Waals surface area (Å²) >= 11 is 0. The molecule has 0 saturated heterocycles. The maximum atomic E-state index is 11.6. The van der Waals surface area contributed by atoms with Crippen molar-refractivity contribution in [3.05, 3.63) is 36.7 Å². The van der Waals surface area contributed by atoms with Crippen LogP contribution in [0.15, 0.2) is 31.1 Å². The van der Waals surface area contributed by atoms with E-state index in [0.29, 0.717) is 0 Å². The highest BCUT2D eigenvalue weighted by atomic mass is 16.4. The van der Waals surface area contributed by atoms with E-state index in [1.165, 1.54) is 24.5 Å². The summed E-state index contributed by atoms with van der Waals surface area (Å²) in [5.74, 6) is -1.60. The number of carboxylic acid groups (broad SMARTS) is 1. The summed E-state index contributed by atoms with van der Waals surface area (Å²) in [5.41, 5.74) is 0.269. The van der Waals surface area contributed by atoms with Crippen molar-refractivity contribution in [3.63, 3.8) is 0 Å². The van der Waals surface area contributed by atoms with Gasteiger partial charge in [0.15, 0.2) is 0 Å². The van der Waals surface area contributed by atoms with Crippen LogP contribution in [0.25, 0.3) is 0 Å². The van der Waals surface area contributed by atoms with E-state index in [9.17, 15) is 9.59 Å². The molecule has 1 rings (SSSR count). The molecule has 2 N–H and O–H groups in total. The molecule has 1 heterocycles. The highest BCUT2D eigenvalue weighted by molar-refractivity contribution is 5.96. The van der Waals surface area contributed by atoms with E-state index >= 15 is 0 Å². The van der Waals surface area contributed by atoms with Gasteiger partial charge in [0.2, 0.25) is 0 Å². The second-order valence-corrected chi connectivity index (χ2v) is 3.02. The van der Waals surface area contributed by atoms with E-state index in [-0.39, 0.29) is 12.0 Å². The minimum atomic E-state index is -1.10. The fourth-order valence-corrected chi connectivity index (χ4v) is 1.05. The van der Waals surface area contributed by atoms with Crippen LogP contribution in [-0.4, -0.2) is 33.2 Å². The Balaban J connectivity index is 2.69. The first-order valence-corrected chi connectivity index (χ1v) is 4.56. The maximum absolute atomic E-state index is 11.6. The monoisotopic (exact) mass is 221 g/mol. The van der Waals surface area contributed by atoms with E-state index in [1.807, 2.05) is 0 Å². The molecule has 0 spiro atoms. The smallest absolute Gasteiger partial charge is 0.326 e. The molecule has 0 fully saturated rings. The number of amides is 1. The molecule has 0 aliphatic rings. The molecule has 1 amide bonds. The molecular formula is C10H11N3O3. The van der Waals surface area contributed by atoms with Crippen LogP contribution in [0.2, 0.25) is 0 Å². The summed E-state index contributed by atoms with van der Waals surface area (Å²) in [5, 5.41) is 18.2. The van der Waals surface area contributed by atoms with Crippen LogP contribution in [0.4, 0.5) is 0 Å². The van der Waals surface area contributed by atoms with Crippen molar-refractivity contribution in [1.29, 1.82) is 0 Å². The molecule has 0 aliphatic heterocycles. The Morgan fingerprint density at radius 1 is 1.56 bits per heavy atom. The first kappa shape index (κ1) is 11.8. The lowest BCUT2D eigenvalue weighted by Gasteiger charge is -2.11.